The highest BCUT2D eigenvalue weighted by Crippen LogP contribution is 2.25. The van der Waals surface area contributed by atoms with Gasteiger partial charge in [0, 0.05) is 11.3 Å². The van der Waals surface area contributed by atoms with Crippen LogP contribution in [0.25, 0.3) is 0 Å². The van der Waals surface area contributed by atoms with E-state index in [9.17, 15) is 9.65 Å². The summed E-state index contributed by atoms with van der Waals surface area (Å²) < 4.78 is 18.4. The number of benzene rings is 1. The smallest absolute Gasteiger partial charge is 0.123 e. The van der Waals surface area contributed by atoms with Gasteiger partial charge in [-0.15, -0.1) is 0 Å². The molecule has 1 aromatic rings. The van der Waals surface area contributed by atoms with Gasteiger partial charge in [-0.1, -0.05) is 13.8 Å². The van der Waals surface area contributed by atoms with Crippen molar-refractivity contribution in [2.45, 2.75) is 33.3 Å². The molecule has 1 heterocycles. The average Bonchev–Trinajstić information content (AvgIpc) is 2.55. The van der Waals surface area contributed by atoms with Gasteiger partial charge in [-0.05, 0) is 44.2 Å². The lowest BCUT2D eigenvalue weighted by Gasteiger charge is -2.28. The number of allylic oxidation sites excluding steroid dienone is 1. The van der Waals surface area contributed by atoms with E-state index in [2.05, 4.69) is 5.32 Å². The van der Waals surface area contributed by atoms with Crippen LogP contribution in [0.1, 0.15) is 27.7 Å². The molecule has 24 heavy (non-hydrogen) atoms. The number of anilines is 1. The molecule has 4 N–H and O–H groups in total. The fraction of sp³-hybridized carbons (Fsp3) is 0.333. The minimum Gasteiger partial charge on any atom is -0.384 e. The lowest BCUT2D eigenvalue weighted by Crippen LogP contribution is -2.33. The predicted octanol–water partition coefficient (Wildman–Crippen LogP) is 3.71. The normalized spacial score (nSPS) is 16.8. The molecule has 0 saturated carbocycles. The van der Waals surface area contributed by atoms with E-state index in [0.717, 1.165) is 0 Å². The minimum atomic E-state index is -0.571. The van der Waals surface area contributed by atoms with Gasteiger partial charge < -0.3 is 21.2 Å². The number of nitrogens with one attached hydrogen (secondary N) is 2. The highest BCUT2D eigenvalue weighted by Gasteiger charge is 2.27. The first-order chi connectivity index (χ1) is 11.3. The largest absolute Gasteiger partial charge is 0.384 e. The topological polar surface area (TPSA) is 94.9 Å². The maximum atomic E-state index is 12.9. The summed E-state index contributed by atoms with van der Waals surface area (Å²) in [4.78, 5) is 0. The number of hydrogen-bond donors (Lipinski definition) is 3. The molecule has 0 aliphatic carbocycles. The zero-order valence-corrected chi connectivity index (χ0v) is 14.4. The predicted molar refractivity (Wildman–Crippen MR) is 94.0 cm³/mol. The standard InChI is InChI=1S/C16H17FN4O.C2H6/c1-16(2)7-12(14(19)9-22-16)13(8-18)15(20)21-11-5-3-10(17)4-6-11;1-2/h3-7,19,21H,9,20H2,1-2H3;1-2H3/b15-13-,19-14?;. The number of halogens is 1. The second-order valence-electron chi connectivity index (χ2n) is 5.46. The summed E-state index contributed by atoms with van der Waals surface area (Å²) in [6.07, 6.45) is 1.70. The Hall–Kier alpha value is -2.65. The van der Waals surface area contributed by atoms with Gasteiger partial charge in [0.1, 0.15) is 23.3 Å². The van der Waals surface area contributed by atoms with Crippen LogP contribution < -0.4 is 11.1 Å². The lowest BCUT2D eigenvalue weighted by molar-refractivity contribution is 0.0409. The summed E-state index contributed by atoms with van der Waals surface area (Å²) in [6, 6.07) is 7.65. The highest BCUT2D eigenvalue weighted by molar-refractivity contribution is 6.04. The molecule has 1 aliphatic heterocycles. The summed E-state index contributed by atoms with van der Waals surface area (Å²) in [5, 5.41) is 20.2. The van der Waals surface area contributed by atoms with Crippen LogP contribution in [0.15, 0.2) is 47.3 Å². The number of nitriles is 1. The van der Waals surface area contributed by atoms with Crippen molar-refractivity contribution < 1.29 is 9.13 Å². The van der Waals surface area contributed by atoms with Crippen LogP contribution in [0.3, 0.4) is 0 Å². The number of ether oxygens (including phenoxy) is 1. The molecule has 0 bridgehead atoms. The zero-order valence-electron chi connectivity index (χ0n) is 14.4. The van der Waals surface area contributed by atoms with Crippen LogP contribution >= 0.6 is 0 Å². The Bertz CT molecular complexity index is 697. The molecule has 0 fully saturated rings. The van der Waals surface area contributed by atoms with E-state index in [-0.39, 0.29) is 29.5 Å². The first kappa shape index (κ1) is 19.4. The van der Waals surface area contributed by atoms with Gasteiger partial charge in [-0.3, -0.25) is 0 Å². The molecular formula is C18H23FN4O. The van der Waals surface area contributed by atoms with Gasteiger partial charge in [0.25, 0.3) is 0 Å². The average molecular weight is 330 g/mol. The third-order valence-corrected chi connectivity index (χ3v) is 3.18. The number of nitrogens with two attached hydrogens (primary N) is 1. The Kier molecular flexibility index (Phi) is 6.69. The molecule has 1 aliphatic rings. The number of hydrogen-bond acceptors (Lipinski definition) is 5. The van der Waals surface area contributed by atoms with Gasteiger partial charge in [0.05, 0.1) is 17.9 Å². The fourth-order valence-electron chi connectivity index (χ4n) is 2.05. The molecule has 0 saturated heterocycles. The Labute approximate surface area is 142 Å². The summed E-state index contributed by atoms with van der Waals surface area (Å²) in [5.74, 6) is -0.243. The van der Waals surface area contributed by atoms with E-state index in [1.54, 1.807) is 6.08 Å². The Morgan fingerprint density at radius 1 is 1.33 bits per heavy atom. The quantitative estimate of drug-likeness (QED) is 0.736. The van der Waals surface area contributed by atoms with Crippen LogP contribution in [-0.4, -0.2) is 17.9 Å². The maximum absolute atomic E-state index is 12.9. The van der Waals surface area contributed by atoms with Gasteiger partial charge >= 0.3 is 0 Å². The molecule has 5 nitrogen and oxygen atoms in total. The van der Waals surface area contributed by atoms with Crippen molar-refractivity contribution >= 4 is 11.4 Å². The van der Waals surface area contributed by atoms with E-state index in [4.69, 9.17) is 15.9 Å². The van der Waals surface area contributed by atoms with Gasteiger partial charge in [-0.2, -0.15) is 5.26 Å². The first-order valence-electron chi connectivity index (χ1n) is 7.70. The Morgan fingerprint density at radius 3 is 2.46 bits per heavy atom. The molecule has 1 aromatic carbocycles. The summed E-state index contributed by atoms with van der Waals surface area (Å²) in [5.41, 5.74) is 6.76. The van der Waals surface area contributed by atoms with Crippen molar-refractivity contribution in [3.8, 4) is 6.07 Å². The van der Waals surface area contributed by atoms with Crippen molar-refractivity contribution in [2.75, 3.05) is 11.9 Å². The molecule has 0 amide bonds. The molecule has 6 heteroatoms. The van der Waals surface area contributed by atoms with E-state index in [1.165, 1.54) is 24.3 Å². The van der Waals surface area contributed by atoms with Crippen LogP contribution in [0.2, 0.25) is 0 Å². The van der Waals surface area contributed by atoms with Crippen molar-refractivity contribution in [2.24, 2.45) is 5.73 Å². The summed E-state index contributed by atoms with van der Waals surface area (Å²) in [7, 11) is 0. The second kappa shape index (κ2) is 8.27. The van der Waals surface area contributed by atoms with Crippen LogP contribution in [0.4, 0.5) is 10.1 Å². The van der Waals surface area contributed by atoms with Gasteiger partial charge in [0.2, 0.25) is 0 Å². The van der Waals surface area contributed by atoms with Gasteiger partial charge in [-0.25, -0.2) is 4.39 Å². The molecular weight excluding hydrogens is 307 g/mol. The first-order valence-corrected chi connectivity index (χ1v) is 7.70. The van der Waals surface area contributed by atoms with E-state index >= 15 is 0 Å². The van der Waals surface area contributed by atoms with Crippen LogP contribution in [0.5, 0.6) is 0 Å². The third-order valence-electron chi connectivity index (χ3n) is 3.18. The fourth-order valence-corrected chi connectivity index (χ4v) is 2.05. The van der Waals surface area contributed by atoms with E-state index in [0.29, 0.717) is 11.3 Å². The molecule has 0 spiro atoms. The highest BCUT2D eigenvalue weighted by atomic mass is 19.1. The van der Waals surface area contributed by atoms with Gasteiger partial charge in [0.15, 0.2) is 0 Å². The number of nitrogens with zero attached hydrogens (tertiary/aromatic N) is 1. The summed E-state index contributed by atoms with van der Waals surface area (Å²) >= 11 is 0. The minimum absolute atomic E-state index is 0.114. The third kappa shape index (κ3) is 4.93. The zero-order chi connectivity index (χ0) is 18.3. The molecule has 0 unspecified atom stereocenters. The maximum Gasteiger partial charge on any atom is 0.123 e. The molecule has 0 atom stereocenters. The van der Waals surface area contributed by atoms with Crippen LogP contribution in [-0.2, 0) is 4.74 Å². The van der Waals surface area contributed by atoms with Crippen molar-refractivity contribution in [1.82, 2.24) is 0 Å². The van der Waals surface area contributed by atoms with E-state index in [1.807, 2.05) is 33.8 Å². The molecule has 0 aromatic heterocycles. The van der Waals surface area contributed by atoms with Crippen molar-refractivity contribution in [3.63, 3.8) is 0 Å². The Balaban J connectivity index is 0.00000139. The van der Waals surface area contributed by atoms with Crippen molar-refractivity contribution in [3.05, 3.63) is 53.1 Å². The van der Waals surface area contributed by atoms with Crippen molar-refractivity contribution in [1.29, 1.82) is 10.7 Å². The lowest BCUT2D eigenvalue weighted by atomic mass is 9.93. The monoisotopic (exact) mass is 330 g/mol. The SMILES string of the molecule is CC.CC1(C)C=C(/C(C#N)=C(/N)Nc2ccc(F)cc2)C(=N)CO1. The molecule has 0 radical (unpaired) electrons. The Morgan fingerprint density at radius 2 is 1.92 bits per heavy atom. The summed E-state index contributed by atoms with van der Waals surface area (Å²) in [6.45, 7) is 7.81. The van der Waals surface area contributed by atoms with E-state index < -0.39 is 5.60 Å². The second-order valence-corrected chi connectivity index (χ2v) is 5.46. The molecule has 128 valence electrons. The number of rotatable bonds is 3. The van der Waals surface area contributed by atoms with Crippen LogP contribution in [0, 0.1) is 22.6 Å². The molecule has 2 rings (SSSR count).